The number of aliphatic hydroxyl groups is 1. The van der Waals surface area contributed by atoms with Crippen LogP contribution in [0, 0.1) is 6.92 Å². The van der Waals surface area contributed by atoms with Crippen LogP contribution in [0.25, 0.3) is 10.8 Å². The lowest BCUT2D eigenvalue weighted by atomic mass is 9.60. The number of methoxy groups -OCH3 is 6. The lowest BCUT2D eigenvalue weighted by molar-refractivity contribution is -0.282. The van der Waals surface area contributed by atoms with Crippen LogP contribution in [0.3, 0.4) is 0 Å². The molecule has 1 aliphatic heterocycles. The van der Waals surface area contributed by atoms with E-state index in [-0.39, 0.29) is 27.6 Å². The maximum Gasteiger partial charge on any atom is 0.341 e. The molecule has 1 saturated heterocycles. The molecular formula is C32H34O15. The van der Waals surface area contributed by atoms with Crippen molar-refractivity contribution in [3.05, 3.63) is 46.2 Å². The van der Waals surface area contributed by atoms with Crippen molar-refractivity contribution in [3.63, 3.8) is 0 Å². The number of hydrogen-bond acceptors (Lipinski definition) is 15. The summed E-state index contributed by atoms with van der Waals surface area (Å²) in [5.74, 6) is -7.89. The fraction of sp³-hybridized carbons (Fsp3) is 0.469. The topological polar surface area (TPSA) is 200 Å². The van der Waals surface area contributed by atoms with Gasteiger partial charge in [-0.15, -0.1) is 0 Å². The fourth-order valence-corrected chi connectivity index (χ4v) is 6.82. The first-order chi connectivity index (χ1) is 22.2. The van der Waals surface area contributed by atoms with Gasteiger partial charge in [0.05, 0.1) is 25.9 Å². The number of phenols is 1. The summed E-state index contributed by atoms with van der Waals surface area (Å²) >= 11 is 0. The highest BCUT2D eigenvalue weighted by Crippen LogP contribution is 2.49. The van der Waals surface area contributed by atoms with Crippen molar-refractivity contribution in [3.8, 4) is 11.5 Å². The Hall–Kier alpha value is -4.25. The van der Waals surface area contributed by atoms with Crippen LogP contribution in [-0.4, -0.2) is 124 Å². The number of hydrogen-bond donors (Lipinski definition) is 2. The molecule has 0 bridgehead atoms. The van der Waals surface area contributed by atoms with E-state index in [1.54, 1.807) is 6.92 Å². The molecule has 0 radical (unpaired) electrons. The van der Waals surface area contributed by atoms with Gasteiger partial charge in [-0.1, -0.05) is 0 Å². The number of Topliss-reactive ketones (excluding diaryl/α,β-unsaturated/α-hetero) is 3. The van der Waals surface area contributed by atoms with Crippen LogP contribution in [0.5, 0.6) is 11.5 Å². The van der Waals surface area contributed by atoms with Crippen molar-refractivity contribution >= 4 is 39.9 Å². The molecule has 2 aromatic rings. The molecule has 7 unspecified atom stereocenters. The van der Waals surface area contributed by atoms with Gasteiger partial charge in [-0.3, -0.25) is 19.2 Å². The van der Waals surface area contributed by atoms with Crippen molar-refractivity contribution in [2.24, 2.45) is 0 Å². The number of aryl methyl sites for hydroxylation is 1. The van der Waals surface area contributed by atoms with E-state index >= 15 is 0 Å². The van der Waals surface area contributed by atoms with E-state index in [4.69, 9.17) is 37.9 Å². The van der Waals surface area contributed by atoms with Crippen molar-refractivity contribution < 1.29 is 72.1 Å². The summed E-state index contributed by atoms with van der Waals surface area (Å²) in [5.41, 5.74) is -7.84. The lowest BCUT2D eigenvalue weighted by Crippen LogP contribution is -2.76. The summed E-state index contributed by atoms with van der Waals surface area (Å²) in [6.07, 6.45) is -3.16. The number of fused-ring (bicyclic) bond motifs is 3. The Morgan fingerprint density at radius 1 is 0.894 bits per heavy atom. The first kappa shape index (κ1) is 34.1. The van der Waals surface area contributed by atoms with E-state index in [2.05, 4.69) is 0 Å². The molecule has 2 aromatic carbocycles. The first-order valence-electron chi connectivity index (χ1n) is 14.3. The summed E-state index contributed by atoms with van der Waals surface area (Å²) < 4.78 is 44.2. The number of ketones is 4. The number of rotatable bonds is 8. The van der Waals surface area contributed by atoms with Gasteiger partial charge >= 0.3 is 5.97 Å². The number of phenolic OH excluding ortho intramolecular Hbond substituents is 1. The molecule has 1 heterocycles. The molecule has 2 N–H and O–H groups in total. The standard InChI is InChI=1S/C32H34O15/c1-12-19-14(10-16(20(12)29(38)44-7)47-30-25(43-6)24(42-5)23(41-4)13(2)46-30)9-15-21(22(19)34)28(37)32(45-8)18(33)11-17(40-3)27(36)31(32,39)26(15)35/h9-11,13,23-25,30,34,39H,1-8H3. The molecule has 0 amide bonds. The molecule has 47 heavy (non-hydrogen) atoms. The Morgan fingerprint density at radius 3 is 2.09 bits per heavy atom. The first-order valence-corrected chi connectivity index (χ1v) is 14.3. The van der Waals surface area contributed by atoms with Crippen molar-refractivity contribution in [1.29, 1.82) is 0 Å². The molecule has 2 aliphatic carbocycles. The van der Waals surface area contributed by atoms with Gasteiger partial charge in [0.1, 0.15) is 35.4 Å². The Bertz CT molecular complexity index is 1740. The van der Waals surface area contributed by atoms with Gasteiger partial charge < -0.3 is 48.1 Å². The predicted octanol–water partition coefficient (Wildman–Crippen LogP) is 0.986. The maximum atomic E-state index is 14.1. The largest absolute Gasteiger partial charge is 0.507 e. The van der Waals surface area contributed by atoms with E-state index in [0.717, 1.165) is 27.4 Å². The third-order valence-electron chi connectivity index (χ3n) is 9.11. The van der Waals surface area contributed by atoms with Crippen LogP contribution in [-0.2, 0) is 42.7 Å². The maximum absolute atomic E-state index is 14.1. The second kappa shape index (κ2) is 12.1. The van der Waals surface area contributed by atoms with Crippen LogP contribution in [0.4, 0.5) is 0 Å². The minimum Gasteiger partial charge on any atom is -0.507 e. The number of carbonyl (C=O) groups is 5. The van der Waals surface area contributed by atoms with E-state index < -0.39 is 93.6 Å². The molecule has 0 spiro atoms. The van der Waals surface area contributed by atoms with Crippen LogP contribution in [0.15, 0.2) is 24.0 Å². The molecule has 0 saturated carbocycles. The summed E-state index contributed by atoms with van der Waals surface area (Å²) in [6.45, 7) is 3.17. The molecule has 3 aliphatic rings. The lowest BCUT2D eigenvalue weighted by Gasteiger charge is -2.46. The van der Waals surface area contributed by atoms with Gasteiger partial charge in [-0.25, -0.2) is 4.79 Å². The zero-order valence-electron chi connectivity index (χ0n) is 26.8. The number of ether oxygens (including phenoxy) is 8. The van der Waals surface area contributed by atoms with Gasteiger partial charge in [0, 0.05) is 45.5 Å². The normalized spacial score (nSPS) is 30.5. The highest BCUT2D eigenvalue weighted by molar-refractivity contribution is 6.43. The van der Waals surface area contributed by atoms with Crippen LogP contribution < -0.4 is 4.74 Å². The number of benzene rings is 2. The quantitative estimate of drug-likeness (QED) is 0.300. The minimum atomic E-state index is -3.37. The third kappa shape index (κ3) is 4.45. The summed E-state index contributed by atoms with van der Waals surface area (Å²) in [7, 11) is 7.39. The Balaban J connectivity index is 1.76. The Morgan fingerprint density at radius 2 is 1.53 bits per heavy atom. The van der Waals surface area contributed by atoms with Crippen molar-refractivity contribution in [1.82, 2.24) is 0 Å². The number of aromatic hydroxyl groups is 1. The van der Waals surface area contributed by atoms with E-state index in [9.17, 15) is 34.2 Å². The summed E-state index contributed by atoms with van der Waals surface area (Å²) in [6, 6.07) is 2.41. The molecule has 252 valence electrons. The van der Waals surface area contributed by atoms with Crippen LogP contribution in [0.2, 0.25) is 0 Å². The average molecular weight is 659 g/mol. The Kier molecular flexibility index (Phi) is 8.76. The summed E-state index contributed by atoms with van der Waals surface area (Å²) in [5, 5.41) is 23.2. The summed E-state index contributed by atoms with van der Waals surface area (Å²) in [4.78, 5) is 68.0. The third-order valence-corrected chi connectivity index (χ3v) is 9.11. The van der Waals surface area contributed by atoms with E-state index in [1.165, 1.54) is 34.3 Å². The molecule has 0 aromatic heterocycles. The smallest absolute Gasteiger partial charge is 0.341 e. The zero-order valence-corrected chi connectivity index (χ0v) is 26.8. The second-order valence-corrected chi connectivity index (χ2v) is 11.2. The highest BCUT2D eigenvalue weighted by atomic mass is 16.7. The monoisotopic (exact) mass is 658 g/mol. The fourth-order valence-electron chi connectivity index (χ4n) is 6.82. The van der Waals surface area contributed by atoms with E-state index in [0.29, 0.717) is 6.08 Å². The molecule has 1 fully saturated rings. The van der Waals surface area contributed by atoms with Gasteiger partial charge in [0.2, 0.25) is 40.6 Å². The minimum absolute atomic E-state index is 0.0454. The number of carbonyl (C=O) groups excluding carboxylic acids is 5. The molecule has 7 atom stereocenters. The number of esters is 1. The van der Waals surface area contributed by atoms with Crippen molar-refractivity contribution in [2.75, 3.05) is 42.7 Å². The highest BCUT2D eigenvalue weighted by Gasteiger charge is 2.75. The molecule has 15 heteroatoms. The molecular weight excluding hydrogens is 624 g/mol. The zero-order chi connectivity index (χ0) is 34.7. The average Bonchev–Trinajstić information content (AvgIpc) is 3.04. The van der Waals surface area contributed by atoms with Gasteiger partial charge in [-0.2, -0.15) is 0 Å². The van der Waals surface area contributed by atoms with Crippen molar-refractivity contribution in [2.45, 2.75) is 55.8 Å². The molecule has 15 nitrogen and oxygen atoms in total. The molecule has 5 rings (SSSR count). The second-order valence-electron chi connectivity index (χ2n) is 11.2. The van der Waals surface area contributed by atoms with E-state index in [1.807, 2.05) is 0 Å². The van der Waals surface area contributed by atoms with Gasteiger partial charge in [-0.05, 0) is 36.9 Å². The predicted molar refractivity (Wildman–Crippen MR) is 158 cm³/mol. The van der Waals surface area contributed by atoms with Crippen LogP contribution >= 0.6 is 0 Å². The SMILES string of the molecule is COC(=O)c1c(OC2OC(C)C(OC)C(OC)C2OC)cc2cc3c(c(O)c2c1C)C(=O)C1(OC)C(=O)C=C(OC)C(=O)C1(O)C3=O. The van der Waals surface area contributed by atoms with Gasteiger partial charge in [0.15, 0.2) is 5.76 Å². The van der Waals surface area contributed by atoms with Crippen LogP contribution in [0.1, 0.15) is 43.6 Å². The Labute approximate surface area is 268 Å². The van der Waals surface area contributed by atoms with Gasteiger partial charge in [0.25, 0.3) is 0 Å².